The van der Waals surface area contributed by atoms with Crippen LogP contribution in [0.25, 0.3) is 16.6 Å². The molecule has 160 valence electrons. The van der Waals surface area contributed by atoms with Gasteiger partial charge in [-0.1, -0.05) is 6.92 Å². The van der Waals surface area contributed by atoms with Crippen LogP contribution in [0.1, 0.15) is 42.6 Å². The number of benzene rings is 1. The van der Waals surface area contributed by atoms with Gasteiger partial charge in [-0.3, -0.25) is 9.48 Å². The second kappa shape index (κ2) is 7.66. The lowest BCUT2D eigenvalue weighted by molar-refractivity contribution is 0.0750. The second-order valence-corrected chi connectivity index (χ2v) is 8.12. The number of amides is 1. The lowest BCUT2D eigenvalue weighted by atomic mass is 9.84. The monoisotopic (exact) mass is 420 g/mol. The summed E-state index contributed by atoms with van der Waals surface area (Å²) in [5, 5.41) is 22.6. The van der Waals surface area contributed by atoms with E-state index in [1.165, 1.54) is 7.11 Å². The van der Waals surface area contributed by atoms with Crippen molar-refractivity contribution in [2.75, 3.05) is 12.4 Å². The van der Waals surface area contributed by atoms with Crippen molar-refractivity contribution in [1.29, 1.82) is 0 Å². The van der Waals surface area contributed by atoms with Crippen LogP contribution in [0, 0.1) is 5.92 Å². The molecule has 0 bridgehead atoms. The van der Waals surface area contributed by atoms with Crippen molar-refractivity contribution < 1.29 is 14.6 Å². The van der Waals surface area contributed by atoms with Crippen molar-refractivity contribution in [2.45, 2.75) is 38.3 Å². The molecule has 3 atom stereocenters. The number of ether oxygens (including phenoxy) is 1. The number of imidazole rings is 1. The highest BCUT2D eigenvalue weighted by Gasteiger charge is 2.28. The van der Waals surface area contributed by atoms with E-state index in [2.05, 4.69) is 22.3 Å². The maximum atomic E-state index is 13.1. The van der Waals surface area contributed by atoms with Crippen LogP contribution >= 0.6 is 0 Å². The van der Waals surface area contributed by atoms with Gasteiger partial charge in [0.2, 0.25) is 0 Å². The van der Waals surface area contributed by atoms with E-state index >= 15 is 0 Å². The van der Waals surface area contributed by atoms with E-state index in [1.807, 2.05) is 16.9 Å². The summed E-state index contributed by atoms with van der Waals surface area (Å²) in [5.41, 5.74) is 1.82. The Hall–Kier alpha value is -3.46. The van der Waals surface area contributed by atoms with Crippen molar-refractivity contribution in [2.24, 2.45) is 5.92 Å². The highest BCUT2D eigenvalue weighted by molar-refractivity contribution is 6.08. The minimum atomic E-state index is -0.312. The summed E-state index contributed by atoms with van der Waals surface area (Å²) in [6.45, 7) is 2.14. The number of methoxy groups -OCH3 is 1. The van der Waals surface area contributed by atoms with E-state index < -0.39 is 0 Å². The summed E-state index contributed by atoms with van der Waals surface area (Å²) in [6.07, 6.45) is 7.36. The van der Waals surface area contributed by atoms with Crippen molar-refractivity contribution in [3.8, 4) is 5.75 Å². The minimum absolute atomic E-state index is 0.225. The Balaban J connectivity index is 1.47. The third-order valence-electron chi connectivity index (χ3n) is 6.04. The molecule has 1 fully saturated rings. The number of aliphatic hydroxyl groups is 1. The number of fused-ring (bicyclic) bond motifs is 2. The molecule has 0 radical (unpaired) electrons. The summed E-state index contributed by atoms with van der Waals surface area (Å²) in [4.78, 5) is 17.3. The molecule has 1 saturated carbocycles. The number of hydrogen-bond acceptors (Lipinski definition) is 6. The molecule has 4 aromatic rings. The summed E-state index contributed by atoms with van der Waals surface area (Å²) < 4.78 is 9.03. The molecule has 9 nitrogen and oxygen atoms in total. The van der Waals surface area contributed by atoms with E-state index in [9.17, 15) is 9.90 Å². The van der Waals surface area contributed by atoms with Gasteiger partial charge in [-0.25, -0.2) is 4.98 Å². The molecule has 1 aliphatic carbocycles. The number of hydrogen-bond donors (Lipinski definition) is 2. The maximum Gasteiger partial charge on any atom is 0.260 e. The average Bonchev–Trinajstić information content (AvgIpc) is 3.36. The summed E-state index contributed by atoms with van der Waals surface area (Å²) in [6, 6.07) is 7.41. The molecule has 3 heterocycles. The van der Waals surface area contributed by atoms with Crippen LogP contribution in [0.3, 0.4) is 0 Å². The molecule has 1 amide bonds. The second-order valence-electron chi connectivity index (χ2n) is 8.12. The zero-order chi connectivity index (χ0) is 21.5. The molecule has 9 heteroatoms. The van der Waals surface area contributed by atoms with Gasteiger partial charge in [-0.05, 0) is 43.4 Å². The lowest BCUT2D eigenvalue weighted by Crippen LogP contribution is -2.28. The minimum Gasteiger partial charge on any atom is -0.496 e. The van der Waals surface area contributed by atoms with Crippen molar-refractivity contribution in [3.05, 3.63) is 48.4 Å². The molecule has 1 aliphatic rings. The van der Waals surface area contributed by atoms with E-state index in [4.69, 9.17) is 9.84 Å². The molecule has 1 unspecified atom stereocenters. The Morgan fingerprint density at radius 2 is 2.19 bits per heavy atom. The van der Waals surface area contributed by atoms with Gasteiger partial charge in [0, 0.05) is 23.8 Å². The normalized spacial score (nSPS) is 21.5. The van der Waals surface area contributed by atoms with Crippen LogP contribution in [0.5, 0.6) is 5.75 Å². The van der Waals surface area contributed by atoms with Gasteiger partial charge in [0.05, 0.1) is 36.5 Å². The first-order chi connectivity index (χ1) is 15.0. The molecule has 5 rings (SSSR count). The van der Waals surface area contributed by atoms with Crippen molar-refractivity contribution in [3.63, 3.8) is 0 Å². The molecule has 31 heavy (non-hydrogen) atoms. The number of anilines is 1. The molecule has 1 aromatic carbocycles. The largest absolute Gasteiger partial charge is 0.496 e. The summed E-state index contributed by atoms with van der Waals surface area (Å²) in [7, 11) is 1.54. The maximum absolute atomic E-state index is 13.1. The quantitative estimate of drug-likeness (QED) is 0.526. The summed E-state index contributed by atoms with van der Waals surface area (Å²) in [5.74, 6) is 0.940. The molecule has 2 N–H and O–H groups in total. The van der Waals surface area contributed by atoms with Gasteiger partial charge >= 0.3 is 0 Å². The van der Waals surface area contributed by atoms with E-state index in [0.29, 0.717) is 28.7 Å². The van der Waals surface area contributed by atoms with Crippen LogP contribution in [-0.2, 0) is 0 Å². The first-order valence-electron chi connectivity index (χ1n) is 10.4. The Kier molecular flexibility index (Phi) is 4.82. The zero-order valence-electron chi connectivity index (χ0n) is 17.4. The van der Waals surface area contributed by atoms with Gasteiger partial charge in [-0.2, -0.15) is 14.7 Å². The number of rotatable bonds is 4. The topological polar surface area (TPSA) is 107 Å². The van der Waals surface area contributed by atoms with Crippen LogP contribution in [0.4, 0.5) is 5.82 Å². The van der Waals surface area contributed by atoms with Gasteiger partial charge < -0.3 is 15.2 Å². The van der Waals surface area contributed by atoms with Crippen LogP contribution in [0.2, 0.25) is 0 Å². The fourth-order valence-corrected chi connectivity index (χ4v) is 4.43. The van der Waals surface area contributed by atoms with Crippen LogP contribution in [-0.4, -0.2) is 48.6 Å². The predicted octanol–water partition coefficient (Wildman–Crippen LogP) is 3.06. The van der Waals surface area contributed by atoms with Gasteiger partial charge in [-0.15, -0.1) is 0 Å². The number of aliphatic hydroxyl groups excluding tert-OH is 1. The van der Waals surface area contributed by atoms with Crippen molar-refractivity contribution >= 4 is 28.3 Å². The smallest absolute Gasteiger partial charge is 0.260 e. The first-order valence-corrected chi connectivity index (χ1v) is 10.4. The lowest BCUT2D eigenvalue weighted by Gasteiger charge is -2.31. The molecule has 0 aliphatic heterocycles. The highest BCUT2D eigenvalue weighted by Crippen LogP contribution is 2.35. The van der Waals surface area contributed by atoms with Crippen LogP contribution in [0.15, 0.2) is 42.9 Å². The standard InChI is InChI=1S/C22H24N6O3/c1-13-8-15(29)5-6-18(13)27-12-14-9-16(19(31-2)10-17(14)26-27)22(30)25-21-11-23-20-4-3-7-24-28(20)21/h3-4,7,9-13,15,18,29H,5-6,8H2,1-2H3,(H,25,30)/t13?,15-,18+/m1/s1. The van der Waals surface area contributed by atoms with Gasteiger partial charge in [0.15, 0.2) is 11.5 Å². The third kappa shape index (κ3) is 3.50. The van der Waals surface area contributed by atoms with Gasteiger partial charge in [0.1, 0.15) is 5.75 Å². The first kappa shape index (κ1) is 19.5. The van der Waals surface area contributed by atoms with E-state index in [0.717, 1.165) is 30.2 Å². The number of nitrogens with one attached hydrogen (secondary N) is 1. The SMILES string of the molecule is COc1cc2nn([C@H]3CC[C@@H](O)CC3C)cc2cc1C(=O)Nc1cnc2cccnn12. The Morgan fingerprint density at radius 3 is 3.00 bits per heavy atom. The fourth-order valence-electron chi connectivity index (χ4n) is 4.43. The zero-order valence-corrected chi connectivity index (χ0v) is 17.4. The molecule has 0 saturated heterocycles. The molecule has 3 aromatic heterocycles. The predicted molar refractivity (Wildman–Crippen MR) is 115 cm³/mol. The summed E-state index contributed by atoms with van der Waals surface area (Å²) >= 11 is 0. The number of carbonyl (C=O) groups is 1. The number of nitrogens with zero attached hydrogens (tertiary/aromatic N) is 5. The average molecular weight is 420 g/mol. The fraction of sp³-hybridized carbons (Fsp3) is 0.364. The third-order valence-corrected chi connectivity index (χ3v) is 6.04. The Labute approximate surface area is 178 Å². The number of carbonyl (C=O) groups excluding carboxylic acids is 1. The van der Waals surface area contributed by atoms with Crippen molar-refractivity contribution in [1.82, 2.24) is 24.4 Å². The van der Waals surface area contributed by atoms with Gasteiger partial charge in [0.25, 0.3) is 5.91 Å². The Bertz CT molecular complexity index is 1260. The van der Waals surface area contributed by atoms with E-state index in [1.54, 1.807) is 35.1 Å². The van der Waals surface area contributed by atoms with Crippen LogP contribution < -0.4 is 10.1 Å². The number of aromatic nitrogens is 5. The van der Waals surface area contributed by atoms with E-state index in [-0.39, 0.29) is 18.1 Å². The highest BCUT2D eigenvalue weighted by atomic mass is 16.5. The molecular weight excluding hydrogens is 396 g/mol. The molecular formula is C22H24N6O3. The molecule has 0 spiro atoms. The Morgan fingerprint density at radius 1 is 1.32 bits per heavy atom.